The topological polar surface area (TPSA) is 36.4 Å². The molecular weight excluding hydrogens is 322 g/mol. The van der Waals surface area contributed by atoms with Crippen LogP contribution in [0.4, 0.5) is 0 Å². The van der Waals surface area contributed by atoms with Crippen LogP contribution in [-0.4, -0.2) is 46.9 Å². The van der Waals surface area contributed by atoms with E-state index in [0.717, 1.165) is 51.1 Å². The van der Waals surface area contributed by atoms with Crippen LogP contribution in [0.2, 0.25) is 0 Å². The first-order valence-electron chi connectivity index (χ1n) is 10.1. The van der Waals surface area contributed by atoms with Gasteiger partial charge in [0.25, 0.3) is 0 Å². The molecule has 4 rings (SSSR count). The van der Waals surface area contributed by atoms with Crippen molar-refractivity contribution in [2.24, 2.45) is 5.92 Å². The molecule has 4 nitrogen and oxygen atoms in total. The molecule has 0 N–H and O–H groups in total. The fourth-order valence-electron chi connectivity index (χ4n) is 4.52. The normalized spacial score (nSPS) is 21.4. The van der Waals surface area contributed by atoms with Crippen LogP contribution in [0, 0.1) is 5.92 Å². The molecule has 26 heavy (non-hydrogen) atoms. The standard InChI is InChI=1S/C22H29N3O/c26-22(25-14-3-4-15-25)10-9-18-6-5-13-24(16-18)17-19-11-12-23-21-8-2-1-7-20(19)21/h1-2,7-8,11-12,18H,3-6,9-10,13-17H2/t18-/m1/s1. The summed E-state index contributed by atoms with van der Waals surface area (Å²) < 4.78 is 0. The van der Waals surface area contributed by atoms with Gasteiger partial charge in [-0.25, -0.2) is 0 Å². The van der Waals surface area contributed by atoms with Gasteiger partial charge in [-0.05, 0) is 62.3 Å². The summed E-state index contributed by atoms with van der Waals surface area (Å²) >= 11 is 0. The van der Waals surface area contributed by atoms with E-state index < -0.39 is 0 Å². The van der Waals surface area contributed by atoms with Gasteiger partial charge in [-0.2, -0.15) is 0 Å². The molecule has 1 aromatic carbocycles. The maximum absolute atomic E-state index is 12.3. The molecule has 3 heterocycles. The van der Waals surface area contributed by atoms with Crippen molar-refractivity contribution >= 4 is 16.8 Å². The first-order valence-corrected chi connectivity index (χ1v) is 10.1. The van der Waals surface area contributed by atoms with Crippen LogP contribution in [0.25, 0.3) is 10.9 Å². The second-order valence-electron chi connectivity index (χ2n) is 7.86. The van der Waals surface area contributed by atoms with Crippen molar-refractivity contribution in [3.8, 4) is 0 Å². The van der Waals surface area contributed by atoms with E-state index in [-0.39, 0.29) is 0 Å². The Hall–Kier alpha value is -1.94. The third-order valence-corrected chi connectivity index (χ3v) is 5.96. The van der Waals surface area contributed by atoms with Gasteiger partial charge in [-0.1, -0.05) is 18.2 Å². The predicted molar refractivity (Wildman–Crippen MR) is 105 cm³/mol. The average Bonchev–Trinajstić information content (AvgIpc) is 3.22. The summed E-state index contributed by atoms with van der Waals surface area (Å²) in [6.45, 7) is 5.21. The third-order valence-electron chi connectivity index (χ3n) is 5.96. The second kappa shape index (κ2) is 8.17. The summed E-state index contributed by atoms with van der Waals surface area (Å²) in [7, 11) is 0. The molecule has 2 fully saturated rings. The molecule has 2 aliphatic rings. The Morgan fingerprint density at radius 1 is 1.08 bits per heavy atom. The largest absolute Gasteiger partial charge is 0.343 e. The lowest BCUT2D eigenvalue weighted by Crippen LogP contribution is -2.36. The fraction of sp³-hybridized carbons (Fsp3) is 0.545. The molecule has 0 spiro atoms. The minimum atomic E-state index is 0.375. The van der Waals surface area contributed by atoms with E-state index in [4.69, 9.17) is 0 Å². The lowest BCUT2D eigenvalue weighted by atomic mass is 9.92. The van der Waals surface area contributed by atoms with Gasteiger partial charge in [0.2, 0.25) is 5.91 Å². The summed E-state index contributed by atoms with van der Waals surface area (Å²) in [6, 6.07) is 10.6. The number of piperidine rings is 1. The van der Waals surface area contributed by atoms with Gasteiger partial charge in [-0.3, -0.25) is 14.7 Å². The van der Waals surface area contributed by atoms with E-state index in [0.29, 0.717) is 11.8 Å². The Morgan fingerprint density at radius 2 is 1.92 bits per heavy atom. The van der Waals surface area contributed by atoms with E-state index in [1.54, 1.807) is 0 Å². The highest BCUT2D eigenvalue weighted by Gasteiger charge is 2.23. The van der Waals surface area contributed by atoms with Crippen molar-refractivity contribution < 1.29 is 4.79 Å². The molecule has 0 bridgehead atoms. The van der Waals surface area contributed by atoms with Gasteiger partial charge in [-0.15, -0.1) is 0 Å². The maximum Gasteiger partial charge on any atom is 0.222 e. The highest BCUT2D eigenvalue weighted by atomic mass is 16.2. The number of carbonyl (C=O) groups excluding carboxylic acids is 1. The number of pyridine rings is 1. The molecule has 0 unspecified atom stereocenters. The zero-order chi connectivity index (χ0) is 17.8. The summed E-state index contributed by atoms with van der Waals surface area (Å²) in [6.07, 6.45) is 8.57. The van der Waals surface area contributed by atoms with E-state index in [2.05, 4.69) is 39.0 Å². The molecule has 0 aliphatic carbocycles. The molecule has 2 aliphatic heterocycles. The van der Waals surface area contributed by atoms with Crippen LogP contribution >= 0.6 is 0 Å². The van der Waals surface area contributed by atoms with Crippen molar-refractivity contribution in [1.29, 1.82) is 0 Å². The van der Waals surface area contributed by atoms with Crippen LogP contribution in [0.3, 0.4) is 0 Å². The SMILES string of the molecule is O=C(CC[C@H]1CCCN(Cc2ccnc3ccccc23)C1)N1CCCC1. The van der Waals surface area contributed by atoms with Gasteiger partial charge in [0.05, 0.1) is 5.52 Å². The zero-order valence-electron chi connectivity index (χ0n) is 15.6. The van der Waals surface area contributed by atoms with E-state index in [9.17, 15) is 4.79 Å². The summed E-state index contributed by atoms with van der Waals surface area (Å²) in [4.78, 5) is 21.4. The lowest BCUT2D eigenvalue weighted by molar-refractivity contribution is -0.130. The van der Waals surface area contributed by atoms with Crippen LogP contribution in [0.5, 0.6) is 0 Å². The van der Waals surface area contributed by atoms with Crippen molar-refractivity contribution in [3.05, 3.63) is 42.1 Å². The average molecular weight is 351 g/mol. The van der Waals surface area contributed by atoms with Crippen LogP contribution in [0.1, 0.15) is 44.1 Å². The molecule has 0 radical (unpaired) electrons. The number of rotatable bonds is 5. The van der Waals surface area contributed by atoms with Gasteiger partial charge in [0.15, 0.2) is 0 Å². The molecule has 2 aromatic rings. The van der Waals surface area contributed by atoms with Crippen molar-refractivity contribution in [3.63, 3.8) is 0 Å². The number of benzene rings is 1. The molecule has 4 heteroatoms. The Balaban J connectivity index is 1.34. The zero-order valence-corrected chi connectivity index (χ0v) is 15.6. The number of para-hydroxylation sites is 1. The minimum Gasteiger partial charge on any atom is -0.343 e. The highest BCUT2D eigenvalue weighted by molar-refractivity contribution is 5.81. The molecule has 138 valence electrons. The first-order chi connectivity index (χ1) is 12.8. The smallest absolute Gasteiger partial charge is 0.222 e. The molecular formula is C22H29N3O. The summed E-state index contributed by atoms with van der Waals surface area (Å²) in [5, 5.41) is 1.27. The number of hydrogen-bond donors (Lipinski definition) is 0. The van der Waals surface area contributed by atoms with Crippen molar-refractivity contribution in [1.82, 2.24) is 14.8 Å². The van der Waals surface area contributed by atoms with Gasteiger partial charge < -0.3 is 4.90 Å². The van der Waals surface area contributed by atoms with Gasteiger partial charge in [0, 0.05) is 44.2 Å². The van der Waals surface area contributed by atoms with Crippen LogP contribution in [0.15, 0.2) is 36.5 Å². The molecule has 1 amide bonds. The van der Waals surface area contributed by atoms with Crippen LogP contribution < -0.4 is 0 Å². The Morgan fingerprint density at radius 3 is 2.81 bits per heavy atom. The lowest BCUT2D eigenvalue weighted by Gasteiger charge is -2.33. The Labute approximate surface area is 156 Å². The number of carbonyl (C=O) groups is 1. The number of hydrogen-bond acceptors (Lipinski definition) is 3. The number of aromatic nitrogens is 1. The van der Waals surface area contributed by atoms with Crippen LogP contribution in [-0.2, 0) is 11.3 Å². The molecule has 1 atom stereocenters. The minimum absolute atomic E-state index is 0.375. The molecule has 1 aromatic heterocycles. The number of nitrogens with zero attached hydrogens (tertiary/aromatic N) is 3. The molecule has 0 saturated carbocycles. The Kier molecular flexibility index (Phi) is 5.49. The second-order valence-corrected chi connectivity index (χ2v) is 7.86. The number of likely N-dealkylation sites (tertiary alicyclic amines) is 2. The number of fused-ring (bicyclic) bond motifs is 1. The fourth-order valence-corrected chi connectivity index (χ4v) is 4.52. The van der Waals surface area contributed by atoms with Crippen molar-refractivity contribution in [2.75, 3.05) is 26.2 Å². The highest BCUT2D eigenvalue weighted by Crippen LogP contribution is 2.25. The molecule has 2 saturated heterocycles. The van der Waals surface area contributed by atoms with Gasteiger partial charge >= 0.3 is 0 Å². The Bertz CT molecular complexity index is 749. The first kappa shape index (κ1) is 17.5. The van der Waals surface area contributed by atoms with E-state index in [1.165, 1.54) is 36.6 Å². The van der Waals surface area contributed by atoms with Crippen molar-refractivity contribution in [2.45, 2.75) is 45.1 Å². The van der Waals surface area contributed by atoms with Gasteiger partial charge in [0.1, 0.15) is 0 Å². The third kappa shape index (κ3) is 4.07. The number of amides is 1. The quantitative estimate of drug-likeness (QED) is 0.821. The monoisotopic (exact) mass is 351 g/mol. The van der Waals surface area contributed by atoms with E-state index in [1.807, 2.05) is 12.3 Å². The van der Waals surface area contributed by atoms with E-state index >= 15 is 0 Å². The summed E-state index contributed by atoms with van der Waals surface area (Å²) in [5.41, 5.74) is 2.44. The predicted octanol–water partition coefficient (Wildman–Crippen LogP) is 3.85. The summed E-state index contributed by atoms with van der Waals surface area (Å²) in [5.74, 6) is 1.03. The maximum atomic E-state index is 12.3.